The molecule has 0 saturated heterocycles. The molecule has 0 aliphatic carbocycles. The number of nitrogens with two attached hydrogens (primary N) is 1. The lowest BCUT2D eigenvalue weighted by molar-refractivity contribution is 0.0471. The molecule has 0 aliphatic rings. The van der Waals surface area contributed by atoms with E-state index in [0.29, 0.717) is 27.0 Å². The maximum Gasteiger partial charge on any atom is 0.338 e. The summed E-state index contributed by atoms with van der Waals surface area (Å²) in [6, 6.07) is 8.81. The highest BCUT2D eigenvalue weighted by Gasteiger charge is 2.11. The van der Waals surface area contributed by atoms with Gasteiger partial charge in [0.1, 0.15) is 18.2 Å². The van der Waals surface area contributed by atoms with E-state index in [0.717, 1.165) is 0 Å². The van der Waals surface area contributed by atoms with Gasteiger partial charge in [-0.1, -0.05) is 22.0 Å². The monoisotopic (exact) mass is 353 g/mol. The maximum atomic E-state index is 13.0. The van der Waals surface area contributed by atoms with E-state index >= 15 is 0 Å². The van der Waals surface area contributed by atoms with E-state index in [-0.39, 0.29) is 12.4 Å². The largest absolute Gasteiger partial charge is 0.495 e. The van der Waals surface area contributed by atoms with Crippen molar-refractivity contribution in [3.8, 4) is 5.75 Å². The van der Waals surface area contributed by atoms with Gasteiger partial charge in [-0.15, -0.1) is 0 Å². The second-order valence-electron chi connectivity index (χ2n) is 4.27. The molecule has 0 spiro atoms. The number of rotatable bonds is 4. The summed E-state index contributed by atoms with van der Waals surface area (Å²) in [6.45, 7) is 0.0341. The molecule has 0 fully saturated rings. The zero-order valence-corrected chi connectivity index (χ0v) is 12.8. The van der Waals surface area contributed by atoms with Crippen molar-refractivity contribution in [3.05, 3.63) is 57.8 Å². The number of halogens is 2. The minimum absolute atomic E-state index is 0.0341. The number of hydrogen-bond acceptors (Lipinski definition) is 4. The number of benzene rings is 2. The molecule has 0 aliphatic heterocycles. The standard InChI is InChI=1S/C15H13BrFNO3/c1-20-14-6-9(3-5-13(14)18)15(19)21-8-10-2-4-11(17)7-12(10)16/h2-7H,8,18H2,1H3. The van der Waals surface area contributed by atoms with Crippen LogP contribution >= 0.6 is 15.9 Å². The molecule has 2 aromatic rings. The molecule has 0 amide bonds. The molecule has 0 radical (unpaired) electrons. The van der Waals surface area contributed by atoms with Gasteiger partial charge in [0.25, 0.3) is 0 Å². The number of methoxy groups -OCH3 is 1. The van der Waals surface area contributed by atoms with Crippen LogP contribution in [0.3, 0.4) is 0 Å². The lowest BCUT2D eigenvalue weighted by atomic mass is 10.2. The Balaban J connectivity index is 2.08. The van der Waals surface area contributed by atoms with E-state index in [9.17, 15) is 9.18 Å². The first-order chi connectivity index (χ1) is 10.0. The SMILES string of the molecule is COc1cc(C(=O)OCc2ccc(F)cc2Br)ccc1N. The topological polar surface area (TPSA) is 61.5 Å². The Hall–Kier alpha value is -2.08. The van der Waals surface area contributed by atoms with Gasteiger partial charge in [-0.2, -0.15) is 0 Å². The molecule has 110 valence electrons. The molecule has 0 unspecified atom stereocenters. The number of hydrogen-bond donors (Lipinski definition) is 1. The van der Waals surface area contributed by atoms with Gasteiger partial charge in [-0.25, -0.2) is 9.18 Å². The molecule has 2 N–H and O–H groups in total. The van der Waals surface area contributed by atoms with Gasteiger partial charge >= 0.3 is 5.97 Å². The van der Waals surface area contributed by atoms with Crippen LogP contribution in [0.15, 0.2) is 40.9 Å². The summed E-state index contributed by atoms with van der Waals surface area (Å²) in [5.41, 5.74) is 7.13. The third-order valence-corrected chi connectivity index (χ3v) is 3.58. The predicted molar refractivity (Wildman–Crippen MR) is 80.6 cm³/mol. The Morgan fingerprint density at radius 2 is 2.05 bits per heavy atom. The third kappa shape index (κ3) is 3.72. The maximum absolute atomic E-state index is 13.0. The Labute approximate surface area is 129 Å². The smallest absolute Gasteiger partial charge is 0.338 e. The highest BCUT2D eigenvalue weighted by molar-refractivity contribution is 9.10. The molecule has 0 atom stereocenters. The van der Waals surface area contributed by atoms with Gasteiger partial charge in [0.2, 0.25) is 0 Å². The van der Waals surface area contributed by atoms with Crippen molar-refractivity contribution in [2.75, 3.05) is 12.8 Å². The Morgan fingerprint density at radius 1 is 1.29 bits per heavy atom. The van der Waals surface area contributed by atoms with E-state index in [1.54, 1.807) is 18.2 Å². The van der Waals surface area contributed by atoms with Crippen LogP contribution in [-0.4, -0.2) is 13.1 Å². The van der Waals surface area contributed by atoms with Crippen LogP contribution in [-0.2, 0) is 11.3 Å². The van der Waals surface area contributed by atoms with Crippen molar-refractivity contribution < 1.29 is 18.7 Å². The number of ether oxygens (including phenoxy) is 2. The molecular weight excluding hydrogens is 341 g/mol. The van der Waals surface area contributed by atoms with Gasteiger partial charge in [-0.3, -0.25) is 0 Å². The minimum Gasteiger partial charge on any atom is -0.495 e. The molecule has 0 saturated carbocycles. The van der Waals surface area contributed by atoms with Gasteiger partial charge in [0.15, 0.2) is 0 Å². The fraction of sp³-hybridized carbons (Fsp3) is 0.133. The van der Waals surface area contributed by atoms with E-state index in [1.807, 2.05) is 0 Å². The summed E-state index contributed by atoms with van der Waals surface area (Å²) in [5, 5.41) is 0. The van der Waals surface area contributed by atoms with E-state index in [1.165, 1.54) is 25.3 Å². The van der Waals surface area contributed by atoms with Crippen molar-refractivity contribution in [2.45, 2.75) is 6.61 Å². The van der Waals surface area contributed by atoms with Crippen LogP contribution in [0.25, 0.3) is 0 Å². The van der Waals surface area contributed by atoms with Gasteiger partial charge in [0, 0.05) is 10.0 Å². The quantitative estimate of drug-likeness (QED) is 0.674. The van der Waals surface area contributed by atoms with Crippen molar-refractivity contribution in [1.82, 2.24) is 0 Å². The first-order valence-electron chi connectivity index (χ1n) is 6.06. The van der Waals surface area contributed by atoms with Crippen molar-refractivity contribution in [2.24, 2.45) is 0 Å². The van der Waals surface area contributed by atoms with Crippen LogP contribution in [0.5, 0.6) is 5.75 Å². The summed E-state index contributed by atoms with van der Waals surface area (Å²) < 4.78 is 23.8. The zero-order valence-electron chi connectivity index (χ0n) is 11.2. The molecule has 0 aromatic heterocycles. The Morgan fingerprint density at radius 3 is 2.71 bits per heavy atom. The highest BCUT2D eigenvalue weighted by atomic mass is 79.9. The summed E-state index contributed by atoms with van der Waals surface area (Å²) in [6.07, 6.45) is 0. The molecule has 2 aromatic carbocycles. The van der Waals surface area contributed by atoms with Crippen LogP contribution in [0, 0.1) is 5.82 Å². The lowest BCUT2D eigenvalue weighted by Gasteiger charge is -2.09. The Bertz CT molecular complexity index is 676. The first kappa shape index (κ1) is 15.3. The number of carbonyl (C=O) groups is 1. The van der Waals surface area contributed by atoms with Crippen LogP contribution in [0.1, 0.15) is 15.9 Å². The summed E-state index contributed by atoms with van der Waals surface area (Å²) >= 11 is 3.22. The normalized spacial score (nSPS) is 10.2. The molecule has 6 heteroatoms. The van der Waals surface area contributed by atoms with Crippen molar-refractivity contribution >= 4 is 27.6 Å². The van der Waals surface area contributed by atoms with Crippen LogP contribution < -0.4 is 10.5 Å². The van der Waals surface area contributed by atoms with Gasteiger partial charge in [0.05, 0.1) is 18.4 Å². The summed E-state index contributed by atoms with van der Waals surface area (Å²) in [4.78, 5) is 12.0. The lowest BCUT2D eigenvalue weighted by Crippen LogP contribution is -2.06. The molecule has 0 bridgehead atoms. The first-order valence-corrected chi connectivity index (χ1v) is 6.85. The van der Waals surface area contributed by atoms with E-state index < -0.39 is 5.97 Å². The van der Waals surface area contributed by atoms with Gasteiger partial charge < -0.3 is 15.2 Å². The average Bonchev–Trinajstić information content (AvgIpc) is 2.46. The Kier molecular flexibility index (Phi) is 4.80. The van der Waals surface area contributed by atoms with Crippen molar-refractivity contribution in [3.63, 3.8) is 0 Å². The number of carbonyl (C=O) groups excluding carboxylic acids is 1. The average molecular weight is 354 g/mol. The minimum atomic E-state index is -0.510. The number of anilines is 1. The fourth-order valence-corrected chi connectivity index (χ4v) is 2.17. The van der Waals surface area contributed by atoms with Crippen molar-refractivity contribution in [1.29, 1.82) is 0 Å². The van der Waals surface area contributed by atoms with Crippen LogP contribution in [0.2, 0.25) is 0 Å². The molecule has 21 heavy (non-hydrogen) atoms. The second kappa shape index (κ2) is 6.58. The third-order valence-electron chi connectivity index (χ3n) is 2.84. The fourth-order valence-electron chi connectivity index (χ4n) is 1.70. The molecule has 2 rings (SSSR count). The molecular formula is C15H13BrFNO3. The van der Waals surface area contributed by atoms with E-state index in [4.69, 9.17) is 15.2 Å². The van der Waals surface area contributed by atoms with E-state index in [2.05, 4.69) is 15.9 Å². The molecule has 0 heterocycles. The predicted octanol–water partition coefficient (Wildman–Crippen LogP) is 3.54. The zero-order chi connectivity index (χ0) is 15.4. The number of esters is 1. The highest BCUT2D eigenvalue weighted by Crippen LogP contribution is 2.23. The number of nitrogen functional groups attached to an aromatic ring is 1. The summed E-state index contributed by atoms with van der Waals surface area (Å²) in [7, 11) is 1.47. The summed E-state index contributed by atoms with van der Waals surface area (Å²) in [5.74, 6) is -0.461. The second-order valence-corrected chi connectivity index (χ2v) is 5.12. The van der Waals surface area contributed by atoms with Gasteiger partial charge in [-0.05, 0) is 30.3 Å². The van der Waals surface area contributed by atoms with Crippen LogP contribution in [0.4, 0.5) is 10.1 Å². The molecule has 4 nitrogen and oxygen atoms in total.